The number of piperidine rings is 1. The van der Waals surface area contributed by atoms with Crippen molar-refractivity contribution in [1.82, 2.24) is 9.88 Å². The van der Waals surface area contributed by atoms with Crippen molar-refractivity contribution in [2.45, 2.75) is 45.1 Å². The molecule has 1 atom stereocenters. The molecule has 1 aliphatic heterocycles. The molecular formula is C27H32N2O3S. The second-order valence-corrected chi connectivity index (χ2v) is 9.72. The zero-order valence-corrected chi connectivity index (χ0v) is 20.0. The maximum absolute atomic E-state index is 12.2. The summed E-state index contributed by atoms with van der Waals surface area (Å²) in [4.78, 5) is 19.0. The van der Waals surface area contributed by atoms with Gasteiger partial charge in [-0.2, -0.15) is 0 Å². The number of rotatable bonds is 9. The number of likely N-dealkylation sites (tertiary alicyclic amines) is 1. The summed E-state index contributed by atoms with van der Waals surface area (Å²) in [5.74, 6) is 1.98. The van der Waals surface area contributed by atoms with Crippen molar-refractivity contribution in [3.63, 3.8) is 0 Å². The van der Waals surface area contributed by atoms with Crippen LogP contribution in [-0.2, 0) is 17.8 Å². The lowest BCUT2D eigenvalue weighted by Gasteiger charge is -2.31. The molecule has 0 aliphatic carbocycles. The third kappa shape index (κ3) is 7.06. The Morgan fingerprint density at radius 3 is 2.58 bits per heavy atom. The van der Waals surface area contributed by atoms with E-state index in [2.05, 4.69) is 66.5 Å². The standard InChI is InChI=1S/C27H32N2O3S/c1-21(17-23-5-3-2-4-6-23)24-7-9-25(10-8-24)31-16-13-22-11-14-29(15-12-22)27(30)32-19-26-18-28-20-33-26/h2-10,18,20-22H,11-17,19H2,1H3. The lowest BCUT2D eigenvalue weighted by molar-refractivity contribution is 0.0807. The van der Waals surface area contributed by atoms with Gasteiger partial charge in [0.05, 0.1) is 17.0 Å². The number of carbonyl (C=O) groups is 1. The summed E-state index contributed by atoms with van der Waals surface area (Å²) in [5.41, 5.74) is 4.45. The van der Waals surface area contributed by atoms with Crippen LogP contribution >= 0.6 is 11.3 Å². The Kier molecular flexibility index (Phi) is 8.36. The summed E-state index contributed by atoms with van der Waals surface area (Å²) in [5, 5.41) is 0. The summed E-state index contributed by atoms with van der Waals surface area (Å²) in [6, 6.07) is 19.1. The smallest absolute Gasteiger partial charge is 0.410 e. The molecule has 0 radical (unpaired) electrons. The van der Waals surface area contributed by atoms with Gasteiger partial charge in [-0.05, 0) is 60.8 Å². The van der Waals surface area contributed by atoms with Gasteiger partial charge in [0.25, 0.3) is 0 Å². The topological polar surface area (TPSA) is 51.7 Å². The zero-order valence-electron chi connectivity index (χ0n) is 19.2. The Bertz CT molecular complexity index is 968. The van der Waals surface area contributed by atoms with Gasteiger partial charge in [0.1, 0.15) is 12.4 Å². The summed E-state index contributed by atoms with van der Waals surface area (Å²) < 4.78 is 11.4. The molecule has 1 unspecified atom stereocenters. The van der Waals surface area contributed by atoms with Crippen LogP contribution in [0.15, 0.2) is 66.3 Å². The van der Waals surface area contributed by atoms with Gasteiger partial charge < -0.3 is 14.4 Å². The highest BCUT2D eigenvalue weighted by molar-refractivity contribution is 7.09. The minimum Gasteiger partial charge on any atom is -0.494 e. The van der Waals surface area contributed by atoms with Gasteiger partial charge in [0.2, 0.25) is 0 Å². The van der Waals surface area contributed by atoms with Gasteiger partial charge in [-0.15, -0.1) is 11.3 Å². The Balaban J connectivity index is 1.13. The Morgan fingerprint density at radius 1 is 1.12 bits per heavy atom. The van der Waals surface area contributed by atoms with Crippen molar-refractivity contribution < 1.29 is 14.3 Å². The maximum Gasteiger partial charge on any atom is 0.410 e. The van der Waals surface area contributed by atoms with Crippen molar-refractivity contribution >= 4 is 17.4 Å². The molecule has 1 amide bonds. The molecule has 2 heterocycles. The van der Waals surface area contributed by atoms with E-state index in [0.29, 0.717) is 25.0 Å². The fourth-order valence-electron chi connectivity index (χ4n) is 4.26. The molecule has 0 saturated carbocycles. The first-order chi connectivity index (χ1) is 16.2. The van der Waals surface area contributed by atoms with Crippen molar-refractivity contribution in [2.75, 3.05) is 19.7 Å². The molecule has 1 fully saturated rings. The molecule has 0 N–H and O–H groups in total. The van der Waals surface area contributed by atoms with Gasteiger partial charge in [0.15, 0.2) is 0 Å². The highest BCUT2D eigenvalue weighted by Crippen LogP contribution is 2.25. The van der Waals surface area contributed by atoms with Crippen molar-refractivity contribution in [3.05, 3.63) is 82.3 Å². The molecule has 3 aromatic rings. The van der Waals surface area contributed by atoms with E-state index in [0.717, 1.165) is 49.4 Å². The number of hydrogen-bond acceptors (Lipinski definition) is 5. The molecular weight excluding hydrogens is 432 g/mol. The third-order valence-electron chi connectivity index (χ3n) is 6.32. The number of ether oxygens (including phenoxy) is 2. The number of benzene rings is 2. The first-order valence-electron chi connectivity index (χ1n) is 11.7. The van der Waals surface area contributed by atoms with Crippen LogP contribution in [0.3, 0.4) is 0 Å². The van der Waals surface area contributed by atoms with Crippen LogP contribution in [0.1, 0.15) is 48.1 Å². The van der Waals surface area contributed by atoms with E-state index in [9.17, 15) is 4.79 Å². The molecule has 1 aliphatic rings. The fourth-order valence-corrected chi connectivity index (χ4v) is 4.77. The van der Waals surface area contributed by atoms with Gasteiger partial charge >= 0.3 is 6.09 Å². The minimum absolute atomic E-state index is 0.223. The minimum atomic E-state index is -0.223. The van der Waals surface area contributed by atoms with Gasteiger partial charge in [-0.25, -0.2) is 4.79 Å². The zero-order chi connectivity index (χ0) is 22.9. The van der Waals surface area contributed by atoms with E-state index in [4.69, 9.17) is 9.47 Å². The largest absolute Gasteiger partial charge is 0.494 e. The van der Waals surface area contributed by atoms with Gasteiger partial charge in [-0.3, -0.25) is 4.98 Å². The number of amides is 1. The van der Waals surface area contributed by atoms with E-state index in [1.165, 1.54) is 22.5 Å². The van der Waals surface area contributed by atoms with Gasteiger partial charge in [0, 0.05) is 19.3 Å². The summed E-state index contributed by atoms with van der Waals surface area (Å²) >= 11 is 1.50. The summed E-state index contributed by atoms with van der Waals surface area (Å²) in [7, 11) is 0. The monoisotopic (exact) mass is 464 g/mol. The fraction of sp³-hybridized carbons (Fsp3) is 0.407. The average Bonchev–Trinajstić information content (AvgIpc) is 3.38. The van der Waals surface area contributed by atoms with Crippen LogP contribution in [0, 0.1) is 5.92 Å². The number of hydrogen-bond donors (Lipinski definition) is 0. The molecule has 0 bridgehead atoms. The molecule has 2 aromatic carbocycles. The van der Waals surface area contributed by atoms with Crippen LogP contribution in [-0.4, -0.2) is 35.7 Å². The molecule has 174 valence electrons. The molecule has 1 saturated heterocycles. The van der Waals surface area contributed by atoms with Crippen molar-refractivity contribution in [2.24, 2.45) is 5.92 Å². The molecule has 6 heteroatoms. The predicted molar refractivity (Wildman–Crippen MR) is 132 cm³/mol. The number of carbonyl (C=O) groups excluding carboxylic acids is 1. The predicted octanol–water partition coefficient (Wildman–Crippen LogP) is 6.31. The molecule has 5 nitrogen and oxygen atoms in total. The lowest BCUT2D eigenvalue weighted by Crippen LogP contribution is -2.39. The first-order valence-corrected chi connectivity index (χ1v) is 12.6. The quantitative estimate of drug-likeness (QED) is 0.372. The number of nitrogens with zero attached hydrogens (tertiary/aromatic N) is 2. The van der Waals surface area contributed by atoms with Gasteiger partial charge in [-0.1, -0.05) is 49.4 Å². The first kappa shape index (κ1) is 23.3. The Morgan fingerprint density at radius 2 is 1.88 bits per heavy atom. The Hall–Kier alpha value is -2.86. The van der Waals surface area contributed by atoms with Crippen LogP contribution in [0.4, 0.5) is 4.79 Å². The second-order valence-electron chi connectivity index (χ2n) is 8.75. The molecule has 1 aromatic heterocycles. The summed E-state index contributed by atoms with van der Waals surface area (Å²) in [6.45, 7) is 4.78. The molecule has 4 rings (SSSR count). The SMILES string of the molecule is CC(Cc1ccccc1)c1ccc(OCCC2CCN(C(=O)OCc3cncs3)CC2)cc1. The lowest BCUT2D eigenvalue weighted by atomic mass is 9.93. The van der Waals surface area contributed by atoms with E-state index >= 15 is 0 Å². The number of aromatic nitrogens is 1. The van der Waals surface area contributed by atoms with Crippen LogP contribution < -0.4 is 4.74 Å². The normalized spacial score (nSPS) is 15.2. The van der Waals surface area contributed by atoms with E-state index in [1.807, 2.05) is 4.90 Å². The molecule has 33 heavy (non-hydrogen) atoms. The van der Waals surface area contributed by atoms with E-state index in [1.54, 1.807) is 11.7 Å². The Labute approximate surface area is 200 Å². The highest BCUT2D eigenvalue weighted by Gasteiger charge is 2.23. The van der Waals surface area contributed by atoms with Crippen molar-refractivity contribution in [1.29, 1.82) is 0 Å². The molecule has 0 spiro atoms. The number of thiazole rings is 1. The average molecular weight is 465 g/mol. The van der Waals surface area contributed by atoms with Crippen LogP contribution in [0.5, 0.6) is 5.75 Å². The van der Waals surface area contributed by atoms with Crippen LogP contribution in [0.25, 0.3) is 0 Å². The van der Waals surface area contributed by atoms with E-state index in [-0.39, 0.29) is 6.09 Å². The van der Waals surface area contributed by atoms with Crippen molar-refractivity contribution in [3.8, 4) is 5.75 Å². The maximum atomic E-state index is 12.2. The summed E-state index contributed by atoms with van der Waals surface area (Å²) in [6.07, 6.45) is 5.56. The third-order valence-corrected chi connectivity index (χ3v) is 7.08. The van der Waals surface area contributed by atoms with E-state index < -0.39 is 0 Å². The second kappa shape index (κ2) is 11.8. The van der Waals surface area contributed by atoms with Crippen LogP contribution in [0.2, 0.25) is 0 Å². The highest BCUT2D eigenvalue weighted by atomic mass is 32.1.